The largest absolute Gasteiger partial charge is 0.434 e. The number of pyridine rings is 2. The molecule has 2 N–H and O–H groups in total. The third-order valence-corrected chi connectivity index (χ3v) is 5.51. The topological polar surface area (TPSA) is 102 Å². The zero-order chi connectivity index (χ0) is 24.7. The quantitative estimate of drug-likeness (QED) is 0.431. The molecule has 1 amide bonds. The van der Waals surface area contributed by atoms with Gasteiger partial charge in [0.2, 0.25) is 0 Å². The lowest BCUT2D eigenvalue weighted by Gasteiger charge is -2.19. The molecule has 0 atom stereocenters. The molecule has 1 aromatic carbocycles. The van der Waals surface area contributed by atoms with E-state index in [0.29, 0.717) is 32.4 Å². The van der Waals surface area contributed by atoms with Gasteiger partial charge >= 0.3 is 6.18 Å². The van der Waals surface area contributed by atoms with Crippen LogP contribution in [-0.2, 0) is 11.0 Å². The third kappa shape index (κ3) is 3.83. The summed E-state index contributed by atoms with van der Waals surface area (Å²) in [6.07, 6.45) is 1.84. The Morgan fingerprint density at radius 1 is 1.17 bits per heavy atom. The first-order valence-corrected chi connectivity index (χ1v) is 10.3. The maximum Gasteiger partial charge on any atom is 0.434 e. The molecule has 4 aromatic rings. The fourth-order valence-electron chi connectivity index (χ4n) is 3.93. The van der Waals surface area contributed by atoms with Gasteiger partial charge in [-0.2, -0.15) is 18.3 Å². The van der Waals surface area contributed by atoms with Gasteiger partial charge in [0.15, 0.2) is 11.6 Å². The summed E-state index contributed by atoms with van der Waals surface area (Å²) in [5.74, 6) is 0.730. The average molecular weight is 476 g/mol. The van der Waals surface area contributed by atoms with E-state index in [1.54, 1.807) is 37.3 Å². The Labute approximate surface area is 195 Å². The lowest BCUT2D eigenvalue weighted by Crippen LogP contribution is -2.21. The van der Waals surface area contributed by atoms with E-state index in [2.05, 4.69) is 25.7 Å². The summed E-state index contributed by atoms with van der Waals surface area (Å²) in [5, 5.41) is 9.72. The second-order valence-corrected chi connectivity index (χ2v) is 7.65. The normalized spacial score (nSPS) is 12.7. The Morgan fingerprint density at radius 2 is 2.00 bits per heavy atom. The highest BCUT2D eigenvalue weighted by molar-refractivity contribution is 6.06. The SMILES string of the molecule is Cc1nccc2ncc(NC(=O)c3cnn(-c4cccc5c4C=CNC5=C=O)c3C(F)(F)F)cc12. The highest BCUT2D eigenvalue weighted by Crippen LogP contribution is 2.36. The standard InChI is InChI=1S/C24H15F3N6O2/c1-13-17-9-14(10-30-19(17)6-8-28-13)32-23(35)18-11-31-33(22(18)24(25,26)27)21-4-2-3-15-16(21)5-7-29-20(15)12-34/h2-11,29H,1H3,(H,32,35). The number of hydrogen-bond acceptors (Lipinski definition) is 6. The number of nitrogens with one attached hydrogen (secondary N) is 2. The van der Waals surface area contributed by atoms with Crippen molar-refractivity contribution >= 4 is 40.2 Å². The first-order valence-electron chi connectivity index (χ1n) is 10.3. The van der Waals surface area contributed by atoms with Crippen LogP contribution in [0.5, 0.6) is 0 Å². The van der Waals surface area contributed by atoms with Gasteiger partial charge in [-0.25, -0.2) is 9.48 Å². The number of aromatic nitrogens is 4. The van der Waals surface area contributed by atoms with Gasteiger partial charge in [-0.05, 0) is 31.2 Å². The van der Waals surface area contributed by atoms with E-state index in [-0.39, 0.29) is 17.1 Å². The summed E-state index contributed by atoms with van der Waals surface area (Å²) in [6, 6.07) is 7.77. The van der Waals surface area contributed by atoms with Crippen molar-refractivity contribution in [3.05, 3.63) is 83.2 Å². The number of aryl methyl sites for hydroxylation is 1. The zero-order valence-electron chi connectivity index (χ0n) is 18.0. The number of rotatable bonds is 3. The predicted octanol–water partition coefficient (Wildman–Crippen LogP) is 4.14. The number of amides is 1. The van der Waals surface area contributed by atoms with E-state index in [0.717, 1.165) is 6.20 Å². The van der Waals surface area contributed by atoms with Crippen molar-refractivity contribution < 1.29 is 22.8 Å². The Kier molecular flexibility index (Phi) is 5.18. The van der Waals surface area contributed by atoms with E-state index >= 15 is 0 Å². The fraction of sp³-hybridized carbons (Fsp3) is 0.0833. The van der Waals surface area contributed by atoms with Gasteiger partial charge in [0.05, 0.1) is 34.8 Å². The molecule has 5 rings (SSSR count). The molecule has 35 heavy (non-hydrogen) atoms. The molecule has 0 aliphatic carbocycles. The Balaban J connectivity index is 1.59. The predicted molar refractivity (Wildman–Crippen MR) is 122 cm³/mol. The first-order chi connectivity index (χ1) is 16.8. The number of nitrogens with zero attached hydrogens (tertiary/aromatic N) is 4. The summed E-state index contributed by atoms with van der Waals surface area (Å²) in [6.45, 7) is 1.76. The number of carbonyl (C=O) groups is 1. The number of anilines is 1. The van der Waals surface area contributed by atoms with E-state index in [1.165, 1.54) is 30.6 Å². The molecule has 0 bridgehead atoms. The Bertz CT molecular complexity index is 1580. The molecular formula is C24H15F3N6O2. The highest BCUT2D eigenvalue weighted by Gasteiger charge is 2.41. The Morgan fingerprint density at radius 3 is 2.77 bits per heavy atom. The van der Waals surface area contributed by atoms with Crippen molar-refractivity contribution in [3.63, 3.8) is 0 Å². The van der Waals surface area contributed by atoms with E-state index in [9.17, 15) is 22.8 Å². The van der Waals surface area contributed by atoms with E-state index in [1.807, 2.05) is 0 Å². The van der Waals surface area contributed by atoms with Gasteiger partial charge in [0.25, 0.3) is 5.91 Å². The van der Waals surface area contributed by atoms with Gasteiger partial charge in [-0.15, -0.1) is 0 Å². The van der Waals surface area contributed by atoms with E-state index in [4.69, 9.17) is 0 Å². The minimum atomic E-state index is -4.91. The van der Waals surface area contributed by atoms with Crippen molar-refractivity contribution in [2.75, 3.05) is 5.32 Å². The average Bonchev–Trinajstić information content (AvgIpc) is 3.30. The second-order valence-electron chi connectivity index (χ2n) is 7.65. The van der Waals surface area contributed by atoms with Crippen LogP contribution in [0.2, 0.25) is 0 Å². The number of benzene rings is 1. The van der Waals surface area contributed by atoms with Crippen LogP contribution < -0.4 is 10.6 Å². The smallest absolute Gasteiger partial charge is 0.352 e. The van der Waals surface area contributed by atoms with Crippen LogP contribution in [0.4, 0.5) is 18.9 Å². The molecule has 0 saturated carbocycles. The van der Waals surface area contributed by atoms with Crippen molar-refractivity contribution in [1.29, 1.82) is 0 Å². The number of alkyl halides is 3. The minimum Gasteiger partial charge on any atom is -0.352 e. The molecule has 11 heteroatoms. The summed E-state index contributed by atoms with van der Waals surface area (Å²) in [4.78, 5) is 32.6. The molecule has 3 aromatic heterocycles. The molecule has 174 valence electrons. The maximum atomic E-state index is 14.2. The summed E-state index contributed by atoms with van der Waals surface area (Å²) in [7, 11) is 0. The van der Waals surface area contributed by atoms with Crippen molar-refractivity contribution in [2.24, 2.45) is 0 Å². The van der Waals surface area contributed by atoms with Crippen LogP contribution in [0, 0.1) is 6.92 Å². The minimum absolute atomic E-state index is 0.0495. The van der Waals surface area contributed by atoms with Crippen LogP contribution in [0.25, 0.3) is 28.4 Å². The molecule has 0 saturated heterocycles. The summed E-state index contributed by atoms with van der Waals surface area (Å²) >= 11 is 0. The number of hydrogen-bond donors (Lipinski definition) is 2. The van der Waals surface area contributed by atoms with Crippen LogP contribution >= 0.6 is 0 Å². The van der Waals surface area contributed by atoms with Crippen molar-refractivity contribution in [1.82, 2.24) is 25.1 Å². The number of carbonyl (C=O) groups excluding carboxylic acids is 2. The van der Waals surface area contributed by atoms with Gasteiger partial charge in [0, 0.05) is 34.6 Å². The molecule has 0 radical (unpaired) electrons. The molecule has 0 spiro atoms. The summed E-state index contributed by atoms with van der Waals surface area (Å²) in [5.41, 5.74) is 0.416. The van der Waals surface area contributed by atoms with Crippen LogP contribution in [0.15, 0.2) is 55.1 Å². The van der Waals surface area contributed by atoms with Gasteiger partial charge in [0.1, 0.15) is 5.70 Å². The molecule has 0 unspecified atom stereocenters. The first kappa shape index (κ1) is 22.1. The molecule has 0 fully saturated rings. The maximum absolute atomic E-state index is 14.2. The highest BCUT2D eigenvalue weighted by atomic mass is 19.4. The number of fused-ring (bicyclic) bond motifs is 2. The lowest BCUT2D eigenvalue weighted by atomic mass is 10.0. The molecule has 1 aliphatic rings. The van der Waals surface area contributed by atoms with Crippen molar-refractivity contribution in [2.45, 2.75) is 13.1 Å². The van der Waals surface area contributed by atoms with Gasteiger partial charge in [-0.3, -0.25) is 14.8 Å². The van der Waals surface area contributed by atoms with Crippen LogP contribution in [-0.4, -0.2) is 31.6 Å². The monoisotopic (exact) mass is 476 g/mol. The number of halogens is 3. The Hall–Kier alpha value is -4.76. The van der Waals surface area contributed by atoms with Gasteiger partial charge < -0.3 is 10.6 Å². The molecular weight excluding hydrogens is 461 g/mol. The van der Waals surface area contributed by atoms with E-state index < -0.39 is 23.3 Å². The zero-order valence-corrected chi connectivity index (χ0v) is 18.0. The van der Waals surface area contributed by atoms with Crippen LogP contribution in [0.1, 0.15) is 32.9 Å². The van der Waals surface area contributed by atoms with Crippen LogP contribution in [0.3, 0.4) is 0 Å². The lowest BCUT2D eigenvalue weighted by molar-refractivity contribution is -0.143. The molecule has 4 heterocycles. The van der Waals surface area contributed by atoms with Gasteiger partial charge in [-0.1, -0.05) is 12.1 Å². The molecule has 1 aliphatic heterocycles. The third-order valence-electron chi connectivity index (χ3n) is 5.51. The van der Waals surface area contributed by atoms with Crippen molar-refractivity contribution in [3.8, 4) is 5.69 Å². The summed E-state index contributed by atoms with van der Waals surface area (Å²) < 4.78 is 43.3. The second kappa shape index (κ2) is 8.23. The molecule has 8 nitrogen and oxygen atoms in total. The fourth-order valence-corrected chi connectivity index (χ4v) is 3.93.